The molecule has 2 aromatic carbocycles. The van der Waals surface area contributed by atoms with E-state index in [9.17, 15) is 8.78 Å². The third-order valence-corrected chi connectivity index (χ3v) is 2.85. The second-order valence-corrected chi connectivity index (χ2v) is 4.33. The summed E-state index contributed by atoms with van der Waals surface area (Å²) < 4.78 is 32.5. The Balaban J connectivity index is 2.32. The normalized spacial score (nSPS) is 10.5. The molecule has 5 heteroatoms. The van der Waals surface area contributed by atoms with Gasteiger partial charge in [0, 0.05) is 18.2 Å². The highest BCUT2D eigenvalue weighted by Crippen LogP contribution is 2.29. The van der Waals surface area contributed by atoms with Gasteiger partial charge in [0.25, 0.3) is 0 Å². The van der Waals surface area contributed by atoms with Crippen molar-refractivity contribution in [1.82, 2.24) is 5.32 Å². The molecule has 0 heterocycles. The van der Waals surface area contributed by atoms with Crippen molar-refractivity contribution in [3.63, 3.8) is 0 Å². The smallest absolute Gasteiger partial charge is 0.145 e. The molecule has 0 spiro atoms. The summed E-state index contributed by atoms with van der Waals surface area (Å²) in [5.41, 5.74) is 0.389. The first-order valence-corrected chi connectivity index (χ1v) is 6.04. The highest BCUT2D eigenvalue weighted by Gasteiger charge is 2.10. The molecule has 0 radical (unpaired) electrons. The van der Waals surface area contributed by atoms with Crippen LogP contribution in [0.5, 0.6) is 11.5 Å². The molecule has 0 aliphatic carbocycles. The number of halogens is 3. The van der Waals surface area contributed by atoms with Gasteiger partial charge in [0.2, 0.25) is 0 Å². The van der Waals surface area contributed by atoms with Crippen molar-refractivity contribution in [1.29, 1.82) is 0 Å². The van der Waals surface area contributed by atoms with Crippen molar-refractivity contribution in [3.05, 3.63) is 58.6 Å². The molecule has 100 valence electrons. The molecule has 0 aliphatic rings. The minimum atomic E-state index is -0.578. The molecule has 2 nitrogen and oxygen atoms in total. The number of hydrogen-bond acceptors (Lipinski definition) is 2. The van der Waals surface area contributed by atoms with Crippen LogP contribution in [0.4, 0.5) is 8.78 Å². The van der Waals surface area contributed by atoms with Crippen LogP contribution in [-0.4, -0.2) is 7.05 Å². The zero-order valence-electron chi connectivity index (χ0n) is 10.2. The molecule has 0 unspecified atom stereocenters. The lowest BCUT2D eigenvalue weighted by atomic mass is 10.2. The largest absolute Gasteiger partial charge is 0.457 e. The average molecular weight is 284 g/mol. The van der Waals surface area contributed by atoms with Crippen LogP contribution in [0.1, 0.15) is 5.56 Å². The van der Waals surface area contributed by atoms with Gasteiger partial charge in [-0.2, -0.15) is 0 Å². The predicted octanol–water partition coefficient (Wildman–Crippen LogP) is 4.13. The molecule has 19 heavy (non-hydrogen) atoms. The van der Waals surface area contributed by atoms with Crippen LogP contribution in [0.3, 0.4) is 0 Å². The second-order valence-electron chi connectivity index (χ2n) is 3.92. The van der Waals surface area contributed by atoms with Crippen LogP contribution in [0.25, 0.3) is 0 Å². The van der Waals surface area contributed by atoms with Gasteiger partial charge in [-0.3, -0.25) is 0 Å². The molecule has 0 saturated heterocycles. The fourth-order valence-electron chi connectivity index (χ4n) is 1.65. The Kier molecular flexibility index (Phi) is 4.35. The third-order valence-electron chi connectivity index (χ3n) is 2.55. The lowest BCUT2D eigenvalue weighted by Gasteiger charge is -2.12. The van der Waals surface area contributed by atoms with Crippen LogP contribution >= 0.6 is 11.6 Å². The molecule has 0 amide bonds. The fourth-order valence-corrected chi connectivity index (χ4v) is 1.77. The van der Waals surface area contributed by atoms with Crippen molar-refractivity contribution < 1.29 is 13.5 Å². The zero-order valence-corrected chi connectivity index (χ0v) is 11.0. The lowest BCUT2D eigenvalue weighted by molar-refractivity contribution is 0.460. The maximum atomic E-state index is 13.7. The van der Waals surface area contributed by atoms with E-state index in [1.54, 1.807) is 13.1 Å². The van der Waals surface area contributed by atoms with Gasteiger partial charge in [-0.05, 0) is 31.3 Å². The van der Waals surface area contributed by atoms with E-state index in [1.807, 2.05) is 0 Å². The molecular formula is C14H12ClF2NO. The van der Waals surface area contributed by atoms with Crippen molar-refractivity contribution in [3.8, 4) is 11.5 Å². The molecule has 2 aromatic rings. The quantitative estimate of drug-likeness (QED) is 0.911. The average Bonchev–Trinajstić information content (AvgIpc) is 2.38. The van der Waals surface area contributed by atoms with E-state index in [0.29, 0.717) is 17.9 Å². The van der Waals surface area contributed by atoms with Gasteiger partial charge in [0.05, 0.1) is 5.02 Å². The lowest BCUT2D eigenvalue weighted by Crippen LogP contribution is -2.08. The van der Waals surface area contributed by atoms with Crippen molar-refractivity contribution in [2.45, 2.75) is 6.54 Å². The first-order chi connectivity index (χ1) is 9.11. The number of nitrogens with one attached hydrogen (secondary N) is 1. The number of ether oxygens (including phenoxy) is 1. The van der Waals surface area contributed by atoms with Crippen molar-refractivity contribution in [2.75, 3.05) is 7.05 Å². The first kappa shape index (κ1) is 13.8. The van der Waals surface area contributed by atoms with E-state index in [0.717, 1.165) is 6.07 Å². The SMILES string of the molecule is CNCc1c(F)cccc1Oc1ccc(Cl)c(F)c1. The van der Waals surface area contributed by atoms with Crippen molar-refractivity contribution in [2.24, 2.45) is 0 Å². The Morgan fingerprint density at radius 3 is 2.63 bits per heavy atom. The monoisotopic (exact) mass is 283 g/mol. The molecule has 0 fully saturated rings. The Morgan fingerprint density at radius 2 is 1.95 bits per heavy atom. The fraction of sp³-hybridized carbons (Fsp3) is 0.143. The van der Waals surface area contributed by atoms with E-state index < -0.39 is 5.82 Å². The van der Waals surface area contributed by atoms with Gasteiger partial charge in [0.15, 0.2) is 0 Å². The second kappa shape index (κ2) is 5.99. The summed E-state index contributed by atoms with van der Waals surface area (Å²) in [6.07, 6.45) is 0. The molecule has 0 aromatic heterocycles. The molecule has 0 aliphatic heterocycles. The zero-order chi connectivity index (χ0) is 13.8. The predicted molar refractivity (Wildman–Crippen MR) is 70.6 cm³/mol. The van der Waals surface area contributed by atoms with Crippen LogP contribution in [0.2, 0.25) is 5.02 Å². The summed E-state index contributed by atoms with van der Waals surface area (Å²) in [4.78, 5) is 0. The van der Waals surface area contributed by atoms with Crippen LogP contribution in [0.15, 0.2) is 36.4 Å². The summed E-state index contributed by atoms with van der Waals surface area (Å²) >= 11 is 5.59. The Labute approximate surface area is 115 Å². The highest BCUT2D eigenvalue weighted by atomic mass is 35.5. The Hall–Kier alpha value is -1.65. The molecule has 2 rings (SSSR count). The molecule has 1 N–H and O–H groups in total. The van der Waals surface area contributed by atoms with Gasteiger partial charge < -0.3 is 10.1 Å². The number of rotatable bonds is 4. The van der Waals surface area contributed by atoms with Gasteiger partial charge in [-0.25, -0.2) is 8.78 Å². The van der Waals surface area contributed by atoms with E-state index in [4.69, 9.17) is 16.3 Å². The summed E-state index contributed by atoms with van der Waals surface area (Å²) in [7, 11) is 1.71. The minimum absolute atomic E-state index is 0.0158. The molecule has 0 saturated carbocycles. The van der Waals surface area contributed by atoms with Crippen LogP contribution in [0, 0.1) is 11.6 Å². The maximum absolute atomic E-state index is 13.7. The van der Waals surface area contributed by atoms with E-state index in [1.165, 1.54) is 24.3 Å². The summed E-state index contributed by atoms with van der Waals surface area (Å²) in [5.74, 6) is -0.340. The number of benzene rings is 2. The topological polar surface area (TPSA) is 21.3 Å². The summed E-state index contributed by atoms with van der Waals surface area (Å²) in [6.45, 7) is 0.318. The number of hydrogen-bond donors (Lipinski definition) is 1. The standard InChI is InChI=1S/C14H12ClF2NO/c1-18-8-10-12(16)3-2-4-14(10)19-9-5-6-11(15)13(17)7-9/h2-7,18H,8H2,1H3. The van der Waals surface area contributed by atoms with E-state index in [2.05, 4.69) is 5.32 Å². The molecule has 0 atom stereocenters. The third kappa shape index (κ3) is 3.22. The van der Waals surface area contributed by atoms with Gasteiger partial charge in [-0.15, -0.1) is 0 Å². The Morgan fingerprint density at radius 1 is 1.16 bits per heavy atom. The first-order valence-electron chi connectivity index (χ1n) is 5.66. The van der Waals surface area contributed by atoms with Gasteiger partial charge in [0.1, 0.15) is 23.1 Å². The van der Waals surface area contributed by atoms with Gasteiger partial charge >= 0.3 is 0 Å². The maximum Gasteiger partial charge on any atom is 0.145 e. The summed E-state index contributed by atoms with van der Waals surface area (Å²) in [5, 5.41) is 2.87. The Bertz CT molecular complexity index is 590. The van der Waals surface area contributed by atoms with Crippen LogP contribution < -0.4 is 10.1 Å². The van der Waals surface area contributed by atoms with Crippen molar-refractivity contribution >= 4 is 11.6 Å². The molecule has 0 bridgehead atoms. The highest BCUT2D eigenvalue weighted by molar-refractivity contribution is 6.30. The minimum Gasteiger partial charge on any atom is -0.457 e. The van der Waals surface area contributed by atoms with Gasteiger partial charge in [-0.1, -0.05) is 17.7 Å². The van der Waals surface area contributed by atoms with E-state index >= 15 is 0 Å². The van der Waals surface area contributed by atoms with Crippen LogP contribution in [-0.2, 0) is 6.54 Å². The molecular weight excluding hydrogens is 272 g/mol. The van der Waals surface area contributed by atoms with E-state index in [-0.39, 0.29) is 16.6 Å². The summed E-state index contributed by atoms with van der Waals surface area (Å²) in [6, 6.07) is 8.60.